The molecule has 0 aromatic heterocycles. The van der Waals surface area contributed by atoms with Gasteiger partial charge in [0.05, 0.1) is 25.9 Å². The third kappa shape index (κ3) is 3.65. The van der Waals surface area contributed by atoms with Crippen LogP contribution in [0.4, 0.5) is 0 Å². The van der Waals surface area contributed by atoms with Crippen LogP contribution >= 0.6 is 0 Å². The summed E-state index contributed by atoms with van der Waals surface area (Å²) in [7, 11) is 3.19. The lowest BCUT2D eigenvalue weighted by Crippen LogP contribution is -2.26. The molecule has 144 valence electrons. The summed E-state index contributed by atoms with van der Waals surface area (Å²) in [5.74, 6) is 1.40. The molecule has 0 aliphatic carbocycles. The van der Waals surface area contributed by atoms with Gasteiger partial charge < -0.3 is 19.5 Å². The van der Waals surface area contributed by atoms with Crippen molar-refractivity contribution in [2.75, 3.05) is 14.2 Å². The Hall–Kier alpha value is -2.53. The quantitative estimate of drug-likeness (QED) is 0.864. The normalized spacial score (nSPS) is 14.3. The van der Waals surface area contributed by atoms with Gasteiger partial charge in [-0.1, -0.05) is 32.0 Å². The third-order valence-electron chi connectivity index (χ3n) is 5.13. The van der Waals surface area contributed by atoms with Crippen molar-refractivity contribution in [3.05, 3.63) is 58.1 Å². The van der Waals surface area contributed by atoms with E-state index in [-0.39, 0.29) is 11.8 Å². The number of hydrogen-bond acceptors (Lipinski definition) is 4. The summed E-state index contributed by atoms with van der Waals surface area (Å²) in [6.07, 6.45) is -0.518. The van der Waals surface area contributed by atoms with Crippen LogP contribution in [0.3, 0.4) is 0 Å². The van der Waals surface area contributed by atoms with E-state index in [0.717, 1.165) is 28.0 Å². The Labute approximate surface area is 160 Å². The maximum atomic E-state index is 13.2. The van der Waals surface area contributed by atoms with E-state index in [9.17, 15) is 9.90 Å². The van der Waals surface area contributed by atoms with E-state index in [1.54, 1.807) is 27.2 Å². The average Bonchev–Trinajstić information content (AvgIpc) is 3.09. The van der Waals surface area contributed by atoms with Gasteiger partial charge in [0.1, 0.15) is 11.5 Å². The van der Waals surface area contributed by atoms with Crippen LogP contribution in [0.2, 0.25) is 0 Å². The van der Waals surface area contributed by atoms with Gasteiger partial charge in [-0.15, -0.1) is 0 Å². The van der Waals surface area contributed by atoms with Crippen molar-refractivity contribution in [3.8, 4) is 11.5 Å². The van der Waals surface area contributed by atoms with Crippen LogP contribution in [0.5, 0.6) is 11.5 Å². The smallest absolute Gasteiger partial charge is 0.258 e. The molecule has 2 aromatic carbocycles. The number of rotatable bonds is 5. The molecule has 5 nitrogen and oxygen atoms in total. The highest BCUT2D eigenvalue weighted by Crippen LogP contribution is 2.35. The van der Waals surface area contributed by atoms with Crippen molar-refractivity contribution in [2.45, 2.75) is 45.9 Å². The van der Waals surface area contributed by atoms with Gasteiger partial charge in [-0.2, -0.15) is 0 Å². The first-order valence-electron chi connectivity index (χ1n) is 9.20. The lowest BCUT2D eigenvalue weighted by atomic mass is 9.98. The highest BCUT2D eigenvalue weighted by atomic mass is 16.5. The van der Waals surface area contributed by atoms with E-state index in [1.165, 1.54) is 0 Å². The second kappa shape index (κ2) is 7.61. The molecule has 5 heteroatoms. The number of fused-ring (bicyclic) bond motifs is 1. The van der Waals surface area contributed by atoms with Gasteiger partial charge in [-0.25, -0.2) is 0 Å². The summed E-state index contributed by atoms with van der Waals surface area (Å²) in [5, 5.41) is 9.80. The van der Waals surface area contributed by atoms with Gasteiger partial charge in [-0.05, 0) is 41.2 Å². The summed E-state index contributed by atoms with van der Waals surface area (Å²) >= 11 is 0. The van der Waals surface area contributed by atoms with Crippen molar-refractivity contribution < 1.29 is 19.4 Å². The molecule has 0 saturated heterocycles. The molecule has 1 atom stereocenters. The Morgan fingerprint density at radius 2 is 1.67 bits per heavy atom. The monoisotopic (exact) mass is 369 g/mol. The molecule has 1 amide bonds. The van der Waals surface area contributed by atoms with Gasteiger partial charge in [-0.3, -0.25) is 4.79 Å². The number of aliphatic hydroxyl groups excluding tert-OH is 1. The Morgan fingerprint density at radius 3 is 2.26 bits per heavy atom. The molecular weight excluding hydrogens is 342 g/mol. The Kier molecular flexibility index (Phi) is 5.42. The average molecular weight is 369 g/mol. The summed E-state index contributed by atoms with van der Waals surface area (Å²) in [4.78, 5) is 15.1. The number of nitrogens with zero attached hydrogens (tertiary/aromatic N) is 1. The molecule has 0 saturated carbocycles. The van der Waals surface area contributed by atoms with Crippen LogP contribution in [0.1, 0.15) is 65.4 Å². The maximum absolute atomic E-state index is 13.2. The SMILES string of the molecule is COc1cc(OC)c(C(C)C)cc1C(=O)N1Cc2ccc(C(C)O)cc2C1. The first-order chi connectivity index (χ1) is 12.8. The molecule has 0 radical (unpaired) electrons. The third-order valence-corrected chi connectivity index (χ3v) is 5.13. The minimum atomic E-state index is -0.518. The fraction of sp³-hybridized carbons (Fsp3) is 0.409. The number of methoxy groups -OCH3 is 2. The molecule has 0 bridgehead atoms. The second-order valence-electron chi connectivity index (χ2n) is 7.31. The first kappa shape index (κ1) is 19.2. The second-order valence-corrected chi connectivity index (χ2v) is 7.31. The van der Waals surface area contributed by atoms with E-state index >= 15 is 0 Å². The van der Waals surface area contributed by atoms with Crippen molar-refractivity contribution in [3.63, 3.8) is 0 Å². The number of hydrogen-bond donors (Lipinski definition) is 1. The van der Waals surface area contributed by atoms with E-state index in [1.807, 2.05) is 29.2 Å². The van der Waals surface area contributed by atoms with Crippen molar-refractivity contribution in [1.82, 2.24) is 4.90 Å². The van der Waals surface area contributed by atoms with Crippen molar-refractivity contribution >= 4 is 5.91 Å². The number of amides is 1. The molecule has 1 N–H and O–H groups in total. The molecule has 1 aliphatic heterocycles. The predicted molar refractivity (Wildman–Crippen MR) is 104 cm³/mol. The molecule has 0 spiro atoms. The first-order valence-corrected chi connectivity index (χ1v) is 9.20. The summed E-state index contributed by atoms with van der Waals surface area (Å²) < 4.78 is 10.9. The summed E-state index contributed by atoms with van der Waals surface area (Å²) in [6.45, 7) is 6.97. The zero-order chi connectivity index (χ0) is 19.7. The van der Waals surface area contributed by atoms with Gasteiger partial charge in [0.2, 0.25) is 0 Å². The largest absolute Gasteiger partial charge is 0.496 e. The molecule has 1 aliphatic rings. The molecule has 2 aromatic rings. The minimum Gasteiger partial charge on any atom is -0.496 e. The number of benzene rings is 2. The molecular formula is C22H27NO4. The number of carbonyl (C=O) groups is 1. The van der Waals surface area contributed by atoms with Crippen LogP contribution in [0.15, 0.2) is 30.3 Å². The van der Waals surface area contributed by atoms with Crippen LogP contribution in [0, 0.1) is 0 Å². The van der Waals surface area contributed by atoms with Crippen LogP contribution < -0.4 is 9.47 Å². The van der Waals surface area contributed by atoms with Crippen molar-refractivity contribution in [1.29, 1.82) is 0 Å². The number of aliphatic hydroxyl groups is 1. The summed E-state index contributed by atoms with van der Waals surface area (Å²) in [5.41, 5.74) is 4.59. The fourth-order valence-electron chi connectivity index (χ4n) is 3.53. The number of ether oxygens (including phenoxy) is 2. The van der Waals surface area contributed by atoms with E-state index in [4.69, 9.17) is 9.47 Å². The van der Waals surface area contributed by atoms with E-state index < -0.39 is 6.10 Å². The molecule has 1 heterocycles. The minimum absolute atomic E-state index is 0.0637. The van der Waals surface area contributed by atoms with Gasteiger partial charge in [0.25, 0.3) is 5.91 Å². The Bertz CT molecular complexity index is 858. The topological polar surface area (TPSA) is 59.0 Å². The Morgan fingerprint density at radius 1 is 1.00 bits per heavy atom. The fourth-order valence-corrected chi connectivity index (χ4v) is 3.53. The van der Waals surface area contributed by atoms with Crippen LogP contribution in [-0.2, 0) is 13.1 Å². The maximum Gasteiger partial charge on any atom is 0.258 e. The van der Waals surface area contributed by atoms with E-state index in [2.05, 4.69) is 13.8 Å². The zero-order valence-electron chi connectivity index (χ0n) is 16.6. The van der Waals surface area contributed by atoms with Crippen LogP contribution in [0.25, 0.3) is 0 Å². The standard InChI is InChI=1S/C22H27NO4/c1-13(2)18-9-19(21(27-5)10-20(18)26-4)22(25)23-11-16-7-6-15(14(3)24)8-17(16)12-23/h6-10,13-14,24H,11-12H2,1-5H3. The number of carbonyl (C=O) groups excluding carboxylic acids is 1. The molecule has 1 unspecified atom stereocenters. The molecule has 3 rings (SSSR count). The Balaban J connectivity index is 1.93. The highest BCUT2D eigenvalue weighted by Gasteiger charge is 2.28. The van der Waals surface area contributed by atoms with Crippen LogP contribution in [-0.4, -0.2) is 30.1 Å². The molecule has 0 fully saturated rings. The van der Waals surface area contributed by atoms with Gasteiger partial charge >= 0.3 is 0 Å². The lowest BCUT2D eigenvalue weighted by Gasteiger charge is -2.20. The van der Waals surface area contributed by atoms with Gasteiger partial charge in [0.15, 0.2) is 0 Å². The highest BCUT2D eigenvalue weighted by molar-refractivity contribution is 5.97. The lowest BCUT2D eigenvalue weighted by molar-refractivity contribution is 0.0747. The van der Waals surface area contributed by atoms with Gasteiger partial charge in [0, 0.05) is 19.2 Å². The zero-order valence-corrected chi connectivity index (χ0v) is 16.6. The predicted octanol–water partition coefficient (Wildman–Crippen LogP) is 4.04. The van der Waals surface area contributed by atoms with Crippen molar-refractivity contribution in [2.24, 2.45) is 0 Å². The molecule has 27 heavy (non-hydrogen) atoms. The van der Waals surface area contributed by atoms with E-state index in [0.29, 0.717) is 24.4 Å². The summed E-state index contributed by atoms with van der Waals surface area (Å²) in [6, 6.07) is 9.57.